The van der Waals surface area contributed by atoms with Crippen LogP contribution in [0.4, 0.5) is 10.3 Å². The van der Waals surface area contributed by atoms with E-state index in [0.717, 1.165) is 6.26 Å². The molecule has 0 saturated heterocycles. The van der Waals surface area contributed by atoms with Crippen LogP contribution in [0.3, 0.4) is 0 Å². The van der Waals surface area contributed by atoms with Crippen molar-refractivity contribution in [2.45, 2.75) is 6.54 Å². The molecule has 0 bridgehead atoms. The van der Waals surface area contributed by atoms with Crippen molar-refractivity contribution in [1.82, 2.24) is 14.3 Å². The number of nitrogens with two attached hydrogens (primary N) is 1. The summed E-state index contributed by atoms with van der Waals surface area (Å²) in [6.07, 6.45) is 1.07. The van der Waals surface area contributed by atoms with Gasteiger partial charge in [0.05, 0.1) is 20.9 Å². The molecule has 2 rings (SSSR count). The first-order valence-corrected chi connectivity index (χ1v) is 8.30. The zero-order valence-electron chi connectivity index (χ0n) is 10.0. The summed E-state index contributed by atoms with van der Waals surface area (Å²) in [5.41, 5.74) is 6.89. The summed E-state index contributed by atoms with van der Waals surface area (Å²) in [5, 5.41) is 0. The molecule has 0 amide bonds. The minimum Gasteiger partial charge on any atom is -0.369 e. The number of nitrogen functional groups attached to an aromatic ring is 1. The van der Waals surface area contributed by atoms with Gasteiger partial charge in [-0.25, -0.2) is 22.5 Å². The lowest BCUT2D eigenvalue weighted by atomic mass is 10.3. The maximum Gasteiger partial charge on any atom is 0.208 e. The van der Waals surface area contributed by atoms with E-state index in [2.05, 4.69) is 9.71 Å². The largest absolute Gasteiger partial charge is 0.369 e. The van der Waals surface area contributed by atoms with Crippen LogP contribution in [0, 0.1) is 9.39 Å². The van der Waals surface area contributed by atoms with Gasteiger partial charge in [0.25, 0.3) is 0 Å². The highest BCUT2D eigenvalue weighted by Crippen LogP contribution is 2.22. The molecule has 19 heavy (non-hydrogen) atoms. The van der Waals surface area contributed by atoms with E-state index in [0.29, 0.717) is 14.6 Å². The summed E-state index contributed by atoms with van der Waals surface area (Å²) in [6.45, 7) is 0.456. The Morgan fingerprint density at radius 1 is 1.53 bits per heavy atom. The number of nitrogens with one attached hydrogen (secondary N) is 1. The summed E-state index contributed by atoms with van der Waals surface area (Å²) in [5.74, 6) is -0.128. The Bertz CT molecular complexity index is 729. The fraction of sp³-hybridized carbons (Fsp3) is 0.300. The van der Waals surface area contributed by atoms with E-state index in [9.17, 15) is 12.8 Å². The van der Waals surface area contributed by atoms with Crippen LogP contribution in [0.1, 0.15) is 0 Å². The highest BCUT2D eigenvalue weighted by Gasteiger charge is 2.11. The minimum absolute atomic E-state index is 0.169. The third-order valence-corrected chi connectivity index (χ3v) is 4.07. The van der Waals surface area contributed by atoms with E-state index in [4.69, 9.17) is 5.73 Å². The summed E-state index contributed by atoms with van der Waals surface area (Å²) in [6, 6.07) is 2.95. The molecule has 0 aliphatic heterocycles. The maximum absolute atomic E-state index is 13.5. The van der Waals surface area contributed by atoms with Crippen LogP contribution >= 0.6 is 22.6 Å². The lowest BCUT2D eigenvalue weighted by Gasteiger charge is -2.07. The number of imidazole rings is 1. The Kier molecular flexibility index (Phi) is 3.97. The van der Waals surface area contributed by atoms with Crippen molar-refractivity contribution in [2.75, 3.05) is 18.5 Å². The number of benzene rings is 1. The molecule has 0 aliphatic rings. The second-order valence-electron chi connectivity index (χ2n) is 4.04. The molecule has 0 spiro atoms. The first-order valence-electron chi connectivity index (χ1n) is 5.33. The zero-order chi connectivity index (χ0) is 14.2. The topological polar surface area (TPSA) is 90.0 Å². The van der Waals surface area contributed by atoms with Gasteiger partial charge in [0, 0.05) is 19.2 Å². The van der Waals surface area contributed by atoms with Gasteiger partial charge in [-0.1, -0.05) is 0 Å². The number of nitrogens with zero attached hydrogens (tertiary/aromatic N) is 2. The average Bonchev–Trinajstić information content (AvgIpc) is 2.55. The number of sulfonamides is 1. The molecule has 1 heterocycles. The zero-order valence-corrected chi connectivity index (χ0v) is 13.0. The minimum atomic E-state index is -3.26. The third-order valence-electron chi connectivity index (χ3n) is 2.52. The number of anilines is 1. The quantitative estimate of drug-likeness (QED) is 0.750. The number of halogens is 2. The molecule has 104 valence electrons. The molecule has 9 heteroatoms. The van der Waals surface area contributed by atoms with E-state index in [-0.39, 0.29) is 24.9 Å². The maximum atomic E-state index is 13.5. The molecule has 0 radical (unpaired) electrons. The average molecular weight is 398 g/mol. The van der Waals surface area contributed by atoms with E-state index >= 15 is 0 Å². The first-order chi connectivity index (χ1) is 8.78. The van der Waals surface area contributed by atoms with Gasteiger partial charge >= 0.3 is 0 Å². The molecule has 0 saturated carbocycles. The third kappa shape index (κ3) is 3.34. The summed E-state index contributed by atoms with van der Waals surface area (Å²) >= 11 is 1.88. The second-order valence-corrected chi connectivity index (χ2v) is 7.04. The van der Waals surface area contributed by atoms with E-state index in [1.165, 1.54) is 6.07 Å². The van der Waals surface area contributed by atoms with Crippen molar-refractivity contribution < 1.29 is 12.8 Å². The van der Waals surface area contributed by atoms with E-state index in [1.807, 2.05) is 22.6 Å². The van der Waals surface area contributed by atoms with Crippen LogP contribution in [0.25, 0.3) is 11.0 Å². The normalized spacial score (nSPS) is 12.2. The van der Waals surface area contributed by atoms with Crippen LogP contribution in [0.5, 0.6) is 0 Å². The molecular weight excluding hydrogens is 386 g/mol. The SMILES string of the molecule is CS(=O)(=O)NCCn1c(N)nc2cc(I)c(F)cc21. The summed E-state index contributed by atoms with van der Waals surface area (Å²) in [4.78, 5) is 4.12. The Morgan fingerprint density at radius 3 is 2.84 bits per heavy atom. The van der Waals surface area contributed by atoms with E-state index < -0.39 is 10.0 Å². The number of fused-ring (bicyclic) bond motifs is 1. The smallest absolute Gasteiger partial charge is 0.208 e. The molecule has 0 fully saturated rings. The van der Waals surface area contributed by atoms with Gasteiger partial charge < -0.3 is 10.3 Å². The van der Waals surface area contributed by atoms with Crippen LogP contribution in [-0.2, 0) is 16.6 Å². The Balaban J connectivity index is 2.32. The number of rotatable bonds is 4. The van der Waals surface area contributed by atoms with Crippen LogP contribution in [0.2, 0.25) is 0 Å². The monoisotopic (exact) mass is 398 g/mol. The lowest BCUT2D eigenvalue weighted by molar-refractivity contribution is 0.580. The van der Waals surface area contributed by atoms with Crippen LogP contribution in [0.15, 0.2) is 12.1 Å². The van der Waals surface area contributed by atoms with Gasteiger partial charge in [0.1, 0.15) is 5.82 Å². The molecule has 0 atom stereocenters. The van der Waals surface area contributed by atoms with Gasteiger partial charge in [-0.2, -0.15) is 0 Å². The van der Waals surface area contributed by atoms with Crippen molar-refractivity contribution in [2.24, 2.45) is 0 Å². The molecule has 1 aromatic heterocycles. The van der Waals surface area contributed by atoms with Gasteiger partial charge in [0.15, 0.2) is 0 Å². The van der Waals surface area contributed by atoms with Gasteiger partial charge in [-0.3, -0.25) is 0 Å². The van der Waals surface area contributed by atoms with Crippen LogP contribution in [-0.4, -0.2) is 30.8 Å². The highest BCUT2D eigenvalue weighted by atomic mass is 127. The highest BCUT2D eigenvalue weighted by molar-refractivity contribution is 14.1. The Morgan fingerprint density at radius 2 is 2.21 bits per heavy atom. The van der Waals surface area contributed by atoms with Crippen molar-refractivity contribution in [3.63, 3.8) is 0 Å². The Hall–Kier alpha value is -0.940. The summed E-state index contributed by atoms with van der Waals surface area (Å²) in [7, 11) is -3.26. The predicted molar refractivity (Wildman–Crippen MR) is 79.7 cm³/mol. The number of hydrogen-bond acceptors (Lipinski definition) is 4. The fourth-order valence-electron chi connectivity index (χ4n) is 1.72. The molecule has 6 nitrogen and oxygen atoms in total. The van der Waals surface area contributed by atoms with Crippen molar-refractivity contribution in [3.8, 4) is 0 Å². The van der Waals surface area contributed by atoms with Crippen molar-refractivity contribution in [1.29, 1.82) is 0 Å². The first kappa shape index (κ1) is 14.5. The van der Waals surface area contributed by atoms with Crippen molar-refractivity contribution in [3.05, 3.63) is 21.5 Å². The molecule has 1 aromatic carbocycles. The van der Waals surface area contributed by atoms with Gasteiger partial charge in [-0.15, -0.1) is 0 Å². The Labute approximate surface area is 123 Å². The fourth-order valence-corrected chi connectivity index (χ4v) is 2.63. The molecule has 3 N–H and O–H groups in total. The standard InChI is InChI=1S/C10H12FIN4O2S/c1-19(17,18)14-2-3-16-9-4-6(11)7(12)5-8(9)15-10(16)13/h4-5,14H,2-3H2,1H3,(H2,13,15). The number of hydrogen-bond donors (Lipinski definition) is 2. The summed E-state index contributed by atoms with van der Waals surface area (Å²) < 4.78 is 39.9. The van der Waals surface area contributed by atoms with Crippen LogP contribution < -0.4 is 10.5 Å². The lowest BCUT2D eigenvalue weighted by Crippen LogP contribution is -2.26. The molecule has 0 aliphatic carbocycles. The predicted octanol–water partition coefficient (Wildman–Crippen LogP) is 0.911. The molecule has 2 aromatic rings. The second kappa shape index (κ2) is 5.21. The molecule has 0 unspecified atom stereocenters. The van der Waals surface area contributed by atoms with Crippen molar-refractivity contribution >= 4 is 49.6 Å². The van der Waals surface area contributed by atoms with Gasteiger partial charge in [-0.05, 0) is 28.7 Å². The number of aromatic nitrogens is 2. The van der Waals surface area contributed by atoms with Gasteiger partial charge in [0.2, 0.25) is 16.0 Å². The van der Waals surface area contributed by atoms with E-state index in [1.54, 1.807) is 10.6 Å². The molecular formula is C10H12FIN4O2S.